The fourth-order valence-electron chi connectivity index (χ4n) is 4.11. The smallest absolute Gasteiger partial charge is 0.404 e. The topological polar surface area (TPSA) is 118 Å². The number of hydrogen-bond acceptors (Lipinski definition) is 6. The number of sulfonamides is 1. The lowest BCUT2D eigenvalue weighted by atomic mass is 9.99. The molecule has 1 aromatic carbocycles. The minimum atomic E-state index is -4.38. The maximum Gasteiger partial charge on any atom is 0.416 e. The Morgan fingerprint density at radius 2 is 1.97 bits per heavy atom. The maximum atomic E-state index is 12.9. The molecule has 37 heavy (non-hydrogen) atoms. The van der Waals surface area contributed by atoms with Crippen LogP contribution >= 0.6 is 0 Å². The number of nitrogens with two attached hydrogens (primary N) is 1. The van der Waals surface area contributed by atoms with Crippen molar-refractivity contribution in [2.45, 2.75) is 46.1 Å². The summed E-state index contributed by atoms with van der Waals surface area (Å²) in [4.78, 5) is 19.4. The van der Waals surface area contributed by atoms with E-state index in [2.05, 4.69) is 19.6 Å². The van der Waals surface area contributed by atoms with Crippen molar-refractivity contribution in [1.29, 1.82) is 0 Å². The molecule has 0 spiro atoms. The van der Waals surface area contributed by atoms with Crippen molar-refractivity contribution in [3.63, 3.8) is 0 Å². The second-order valence-corrected chi connectivity index (χ2v) is 11.0. The lowest BCUT2D eigenvalue weighted by Crippen LogP contribution is -2.27. The van der Waals surface area contributed by atoms with Crippen molar-refractivity contribution < 1.29 is 26.4 Å². The quantitative estimate of drug-likeness (QED) is 0.470. The first-order valence-electron chi connectivity index (χ1n) is 11.7. The molecule has 3 rings (SSSR count). The Labute approximate surface area is 214 Å². The molecule has 0 aliphatic carbocycles. The van der Waals surface area contributed by atoms with Crippen LogP contribution in [-0.4, -0.2) is 42.7 Å². The number of halogens is 3. The summed E-state index contributed by atoms with van der Waals surface area (Å²) >= 11 is 0. The Morgan fingerprint density at radius 3 is 2.54 bits per heavy atom. The van der Waals surface area contributed by atoms with Crippen molar-refractivity contribution in [2.24, 2.45) is 16.0 Å². The number of carbonyl (C=O) groups is 1. The van der Waals surface area contributed by atoms with E-state index in [-0.39, 0.29) is 24.3 Å². The van der Waals surface area contributed by atoms with Gasteiger partial charge >= 0.3 is 6.18 Å². The average Bonchev–Trinajstić information content (AvgIpc) is 3.21. The van der Waals surface area contributed by atoms with Crippen LogP contribution in [0.3, 0.4) is 0 Å². The lowest BCUT2D eigenvalue weighted by Gasteiger charge is -2.27. The van der Waals surface area contributed by atoms with Gasteiger partial charge in [0.25, 0.3) is 15.9 Å². The highest BCUT2D eigenvalue weighted by Gasteiger charge is 2.35. The number of nitrogens with one attached hydrogen (secondary N) is 1. The molecular formula is C25H30F3N5O3S. The van der Waals surface area contributed by atoms with Gasteiger partial charge in [0, 0.05) is 43.8 Å². The molecule has 1 atom stereocenters. The van der Waals surface area contributed by atoms with Crippen molar-refractivity contribution >= 4 is 22.1 Å². The van der Waals surface area contributed by atoms with Crippen molar-refractivity contribution in [2.75, 3.05) is 12.3 Å². The molecular weight excluding hydrogens is 507 g/mol. The molecule has 0 unspecified atom stereocenters. The predicted molar refractivity (Wildman–Crippen MR) is 135 cm³/mol. The van der Waals surface area contributed by atoms with Crippen LogP contribution in [0, 0.1) is 5.92 Å². The van der Waals surface area contributed by atoms with E-state index < -0.39 is 27.7 Å². The highest BCUT2D eigenvalue weighted by molar-refractivity contribution is 7.90. The van der Waals surface area contributed by atoms with Crippen LogP contribution in [0.1, 0.15) is 59.6 Å². The third-order valence-corrected chi connectivity index (χ3v) is 7.18. The monoisotopic (exact) mass is 537 g/mol. The largest absolute Gasteiger partial charge is 0.416 e. The molecule has 2 aromatic rings. The molecule has 3 N–H and O–H groups in total. The van der Waals surface area contributed by atoms with Gasteiger partial charge in [-0.3, -0.25) is 14.7 Å². The Balaban J connectivity index is 1.72. The molecule has 1 aromatic heterocycles. The Bertz CT molecular complexity index is 1290. The predicted octanol–water partition coefficient (Wildman–Crippen LogP) is 3.81. The van der Waals surface area contributed by atoms with Crippen LogP contribution in [0.4, 0.5) is 13.2 Å². The zero-order chi connectivity index (χ0) is 27.4. The minimum Gasteiger partial charge on any atom is -0.404 e. The highest BCUT2D eigenvalue weighted by Crippen LogP contribution is 2.39. The summed E-state index contributed by atoms with van der Waals surface area (Å²) in [7, 11) is -3.58. The summed E-state index contributed by atoms with van der Waals surface area (Å²) in [6.07, 6.45) is -0.633. The number of nitrogens with zero attached hydrogens (tertiary/aromatic N) is 3. The summed E-state index contributed by atoms with van der Waals surface area (Å²) in [6, 6.07) is 6.81. The number of aromatic nitrogens is 1. The molecule has 200 valence electrons. The van der Waals surface area contributed by atoms with Gasteiger partial charge in [-0.25, -0.2) is 8.42 Å². The Hall–Kier alpha value is -3.25. The number of rotatable bonds is 9. The Morgan fingerprint density at radius 1 is 1.30 bits per heavy atom. The molecule has 0 fully saturated rings. The van der Waals surface area contributed by atoms with Crippen molar-refractivity contribution in [3.05, 3.63) is 76.2 Å². The SMILES string of the molecule is CCS(=O)(=O)N=CC(=CN)CNC(=O)c1cnc2c(c1)CN(Cc1ccc(C(F)(F)F)cc1)[C@H]2C(C)C. The first-order valence-corrected chi connectivity index (χ1v) is 13.3. The molecule has 1 aliphatic heterocycles. The minimum absolute atomic E-state index is 0.0240. The second kappa shape index (κ2) is 11.4. The van der Waals surface area contributed by atoms with Crippen molar-refractivity contribution in [1.82, 2.24) is 15.2 Å². The van der Waals surface area contributed by atoms with E-state index in [1.54, 1.807) is 6.07 Å². The number of alkyl halides is 3. The summed E-state index contributed by atoms with van der Waals surface area (Å²) < 4.78 is 65.3. The number of fused-ring (bicyclic) bond motifs is 1. The average molecular weight is 538 g/mol. The van der Waals surface area contributed by atoms with E-state index in [1.165, 1.54) is 31.5 Å². The number of pyridine rings is 1. The molecule has 12 heteroatoms. The molecule has 0 saturated heterocycles. The van der Waals surface area contributed by atoms with Crippen LogP contribution < -0.4 is 11.1 Å². The number of carbonyl (C=O) groups excluding carboxylic acids is 1. The van der Waals surface area contributed by atoms with Gasteiger partial charge in [0.1, 0.15) is 0 Å². The van der Waals surface area contributed by atoms with Gasteiger partial charge in [-0.1, -0.05) is 26.0 Å². The summed E-state index contributed by atoms with van der Waals surface area (Å²) in [5.41, 5.74) is 7.92. The van der Waals surface area contributed by atoms with E-state index >= 15 is 0 Å². The second-order valence-electron chi connectivity index (χ2n) is 9.09. The number of amides is 1. The van der Waals surface area contributed by atoms with Gasteiger partial charge in [0.05, 0.1) is 28.6 Å². The van der Waals surface area contributed by atoms with Gasteiger partial charge < -0.3 is 11.1 Å². The van der Waals surface area contributed by atoms with E-state index in [0.29, 0.717) is 24.2 Å². The van der Waals surface area contributed by atoms with Crippen LogP contribution in [-0.2, 0) is 29.3 Å². The van der Waals surface area contributed by atoms with Gasteiger partial charge in [-0.05, 0) is 42.2 Å². The van der Waals surface area contributed by atoms with E-state index in [1.807, 2.05) is 13.8 Å². The standard InChI is InChI=1S/C25H30F3N5O3S/c1-4-37(35,36)32-12-18(10-29)11-31-24(34)19-9-20-15-33(23(16(2)3)22(20)30-13-19)14-17-5-7-21(8-6-17)25(26,27)28/h5-10,12-13,16,23H,4,11,14-15,29H2,1-3H3,(H,31,34)/t23-/m0/s1. The third-order valence-electron chi connectivity index (χ3n) is 6.02. The molecule has 0 saturated carbocycles. The summed E-state index contributed by atoms with van der Waals surface area (Å²) in [5, 5.41) is 2.68. The first-order chi connectivity index (χ1) is 17.3. The van der Waals surface area contributed by atoms with Gasteiger partial charge in [-0.2, -0.15) is 17.6 Å². The molecule has 1 amide bonds. The molecule has 8 nitrogen and oxygen atoms in total. The summed E-state index contributed by atoms with van der Waals surface area (Å²) in [6.45, 7) is 6.46. The van der Waals surface area contributed by atoms with E-state index in [4.69, 9.17) is 5.73 Å². The fraction of sp³-hybridized carbons (Fsp3) is 0.400. The van der Waals surface area contributed by atoms with Crippen LogP contribution in [0.15, 0.2) is 52.7 Å². The van der Waals surface area contributed by atoms with E-state index in [0.717, 1.165) is 35.2 Å². The summed E-state index contributed by atoms with van der Waals surface area (Å²) in [5.74, 6) is -0.385. The molecule has 2 heterocycles. The molecule has 0 bridgehead atoms. The normalized spacial score (nSPS) is 16.9. The lowest BCUT2D eigenvalue weighted by molar-refractivity contribution is -0.137. The van der Waals surface area contributed by atoms with Crippen LogP contribution in [0.5, 0.6) is 0 Å². The first kappa shape index (κ1) is 28.3. The van der Waals surface area contributed by atoms with E-state index in [9.17, 15) is 26.4 Å². The number of hydrogen-bond donors (Lipinski definition) is 2. The van der Waals surface area contributed by atoms with Crippen LogP contribution in [0.25, 0.3) is 0 Å². The van der Waals surface area contributed by atoms with Crippen LogP contribution in [0.2, 0.25) is 0 Å². The van der Waals surface area contributed by atoms with Gasteiger partial charge in [0.15, 0.2) is 0 Å². The fourth-order valence-corrected chi connectivity index (χ4v) is 4.55. The Kier molecular flexibility index (Phi) is 8.75. The zero-order valence-corrected chi connectivity index (χ0v) is 21.6. The third kappa shape index (κ3) is 7.16. The zero-order valence-electron chi connectivity index (χ0n) is 20.8. The highest BCUT2D eigenvalue weighted by atomic mass is 32.2. The molecule has 0 radical (unpaired) electrons. The van der Waals surface area contributed by atoms with Gasteiger partial charge in [-0.15, -0.1) is 0 Å². The maximum absolute atomic E-state index is 12.9. The molecule has 1 aliphatic rings. The van der Waals surface area contributed by atoms with Gasteiger partial charge in [0.2, 0.25) is 0 Å². The number of benzene rings is 1. The van der Waals surface area contributed by atoms with Crippen molar-refractivity contribution in [3.8, 4) is 0 Å².